The molecule has 4 rings (SSSR count). The van der Waals surface area contributed by atoms with Gasteiger partial charge in [0.15, 0.2) is 5.82 Å². The molecular formula is C17H19ClN6O. The van der Waals surface area contributed by atoms with Gasteiger partial charge in [0.1, 0.15) is 0 Å². The number of fused-ring (bicyclic) bond motifs is 1. The summed E-state index contributed by atoms with van der Waals surface area (Å²) in [5.41, 5.74) is 2.49. The SMILES string of the molecule is CN1CCNCC1c1noc(/C=C/c2cnc3ccccc3n2)n1.Cl. The molecule has 1 unspecified atom stereocenters. The highest BCUT2D eigenvalue weighted by Crippen LogP contribution is 2.18. The minimum atomic E-state index is 0. The van der Waals surface area contributed by atoms with Crippen LogP contribution in [0.4, 0.5) is 0 Å². The molecule has 0 radical (unpaired) electrons. The fourth-order valence-electron chi connectivity index (χ4n) is 2.75. The molecule has 1 aliphatic heterocycles. The lowest BCUT2D eigenvalue weighted by atomic mass is 10.2. The number of nitrogens with one attached hydrogen (secondary N) is 1. The Morgan fingerprint density at radius 2 is 2.04 bits per heavy atom. The predicted molar refractivity (Wildman–Crippen MR) is 98.3 cm³/mol. The van der Waals surface area contributed by atoms with Crippen molar-refractivity contribution < 1.29 is 4.52 Å². The highest BCUT2D eigenvalue weighted by molar-refractivity contribution is 5.85. The van der Waals surface area contributed by atoms with Gasteiger partial charge in [-0.25, -0.2) is 4.98 Å². The molecule has 0 spiro atoms. The standard InChI is InChI=1S/C17H18N6O.ClH/c1-23-9-8-18-11-15(23)17-21-16(24-22-17)7-6-12-10-19-13-4-2-3-5-14(13)20-12;/h2-7,10,15,18H,8-9,11H2,1H3;1H/b7-6+;. The van der Waals surface area contributed by atoms with Crippen LogP contribution in [0.2, 0.25) is 0 Å². The van der Waals surface area contributed by atoms with Crippen LogP contribution in [0.1, 0.15) is 23.5 Å². The van der Waals surface area contributed by atoms with E-state index in [9.17, 15) is 0 Å². The van der Waals surface area contributed by atoms with Crippen LogP contribution in [-0.2, 0) is 0 Å². The summed E-state index contributed by atoms with van der Waals surface area (Å²) in [7, 11) is 2.07. The van der Waals surface area contributed by atoms with Crippen molar-refractivity contribution in [3.05, 3.63) is 47.9 Å². The van der Waals surface area contributed by atoms with E-state index in [1.54, 1.807) is 12.3 Å². The molecule has 1 aromatic carbocycles. The molecule has 1 N–H and O–H groups in total. The first-order valence-electron chi connectivity index (χ1n) is 7.94. The minimum Gasteiger partial charge on any atom is -0.335 e. The van der Waals surface area contributed by atoms with E-state index in [4.69, 9.17) is 4.52 Å². The van der Waals surface area contributed by atoms with E-state index in [-0.39, 0.29) is 18.4 Å². The van der Waals surface area contributed by atoms with Crippen molar-refractivity contribution in [3.8, 4) is 0 Å². The summed E-state index contributed by atoms with van der Waals surface area (Å²) in [5, 5.41) is 7.45. The number of benzene rings is 1. The molecule has 25 heavy (non-hydrogen) atoms. The number of rotatable bonds is 3. The molecule has 1 atom stereocenters. The van der Waals surface area contributed by atoms with Gasteiger partial charge < -0.3 is 9.84 Å². The second-order valence-corrected chi connectivity index (χ2v) is 5.81. The second-order valence-electron chi connectivity index (χ2n) is 5.81. The number of likely N-dealkylation sites (N-methyl/N-ethyl adjacent to an activating group) is 1. The number of nitrogens with zero attached hydrogens (tertiary/aromatic N) is 5. The van der Waals surface area contributed by atoms with Gasteiger partial charge in [-0.1, -0.05) is 17.3 Å². The summed E-state index contributed by atoms with van der Waals surface area (Å²) in [6, 6.07) is 7.92. The van der Waals surface area contributed by atoms with Crippen LogP contribution in [0, 0.1) is 0 Å². The van der Waals surface area contributed by atoms with Crippen LogP contribution in [0.5, 0.6) is 0 Å². The Morgan fingerprint density at radius 1 is 1.20 bits per heavy atom. The molecule has 2 aromatic heterocycles. The number of aromatic nitrogens is 4. The number of piperazine rings is 1. The monoisotopic (exact) mass is 358 g/mol. The Bertz CT molecular complexity index is 880. The van der Waals surface area contributed by atoms with Gasteiger partial charge in [0.2, 0.25) is 0 Å². The fourth-order valence-corrected chi connectivity index (χ4v) is 2.75. The Labute approximate surface area is 151 Å². The van der Waals surface area contributed by atoms with Crippen molar-refractivity contribution in [3.63, 3.8) is 0 Å². The number of hydrogen-bond donors (Lipinski definition) is 1. The van der Waals surface area contributed by atoms with Gasteiger partial charge in [-0.3, -0.25) is 9.88 Å². The lowest BCUT2D eigenvalue weighted by molar-refractivity contribution is 0.190. The second kappa shape index (κ2) is 7.69. The maximum absolute atomic E-state index is 5.32. The molecule has 1 fully saturated rings. The largest absolute Gasteiger partial charge is 0.335 e. The van der Waals surface area contributed by atoms with Gasteiger partial charge in [-0.05, 0) is 25.3 Å². The highest BCUT2D eigenvalue weighted by Gasteiger charge is 2.24. The van der Waals surface area contributed by atoms with Crippen LogP contribution in [0.3, 0.4) is 0 Å². The topological polar surface area (TPSA) is 80.0 Å². The molecule has 0 saturated carbocycles. The van der Waals surface area contributed by atoms with Gasteiger partial charge >= 0.3 is 0 Å². The van der Waals surface area contributed by atoms with Gasteiger partial charge in [0.05, 0.1) is 29.0 Å². The number of hydrogen-bond acceptors (Lipinski definition) is 7. The van der Waals surface area contributed by atoms with E-state index in [2.05, 4.69) is 37.4 Å². The Morgan fingerprint density at radius 3 is 2.88 bits per heavy atom. The Hall–Kier alpha value is -2.35. The smallest absolute Gasteiger partial charge is 0.250 e. The van der Waals surface area contributed by atoms with E-state index in [1.807, 2.05) is 30.3 Å². The van der Waals surface area contributed by atoms with Gasteiger partial charge in [0.25, 0.3) is 5.89 Å². The molecule has 3 heterocycles. The van der Waals surface area contributed by atoms with Crippen molar-refractivity contribution in [1.29, 1.82) is 0 Å². The van der Waals surface area contributed by atoms with Crippen molar-refractivity contribution >= 4 is 35.6 Å². The third kappa shape index (κ3) is 3.84. The van der Waals surface area contributed by atoms with Gasteiger partial charge in [-0.15, -0.1) is 12.4 Å². The quantitative estimate of drug-likeness (QED) is 0.768. The van der Waals surface area contributed by atoms with Crippen molar-refractivity contribution in [1.82, 2.24) is 30.3 Å². The zero-order valence-electron chi connectivity index (χ0n) is 13.8. The normalized spacial score (nSPS) is 18.5. The van der Waals surface area contributed by atoms with E-state index < -0.39 is 0 Å². The van der Waals surface area contributed by atoms with E-state index in [0.717, 1.165) is 36.4 Å². The first-order valence-corrected chi connectivity index (χ1v) is 7.94. The zero-order valence-corrected chi connectivity index (χ0v) is 14.6. The summed E-state index contributed by atoms with van der Waals surface area (Å²) in [5.74, 6) is 1.17. The summed E-state index contributed by atoms with van der Waals surface area (Å²) < 4.78 is 5.32. The summed E-state index contributed by atoms with van der Waals surface area (Å²) in [4.78, 5) is 15.6. The molecule has 130 valence electrons. The van der Waals surface area contributed by atoms with E-state index >= 15 is 0 Å². The van der Waals surface area contributed by atoms with Gasteiger partial charge in [0, 0.05) is 25.7 Å². The third-order valence-electron chi connectivity index (χ3n) is 4.13. The predicted octanol–water partition coefficient (Wildman–Crippen LogP) is 2.18. The van der Waals surface area contributed by atoms with Crippen molar-refractivity contribution in [2.75, 3.05) is 26.7 Å². The Balaban J connectivity index is 0.00000182. The third-order valence-corrected chi connectivity index (χ3v) is 4.13. The summed E-state index contributed by atoms with van der Waals surface area (Å²) in [6.07, 6.45) is 5.33. The molecule has 8 heteroatoms. The van der Waals surface area contributed by atoms with Crippen molar-refractivity contribution in [2.24, 2.45) is 0 Å². The first kappa shape index (κ1) is 17.5. The maximum Gasteiger partial charge on any atom is 0.250 e. The molecule has 1 saturated heterocycles. The summed E-state index contributed by atoms with van der Waals surface area (Å²) >= 11 is 0. The minimum absolute atomic E-state index is 0. The molecule has 0 aliphatic carbocycles. The maximum atomic E-state index is 5.32. The molecule has 1 aliphatic rings. The molecular weight excluding hydrogens is 340 g/mol. The van der Waals surface area contributed by atoms with Crippen LogP contribution in [0.15, 0.2) is 35.0 Å². The highest BCUT2D eigenvalue weighted by atomic mass is 35.5. The lowest BCUT2D eigenvalue weighted by Crippen LogP contribution is -2.44. The number of halogens is 1. The first-order chi connectivity index (χ1) is 11.8. The molecule has 7 nitrogen and oxygen atoms in total. The molecule has 3 aromatic rings. The fraction of sp³-hybridized carbons (Fsp3) is 0.294. The zero-order chi connectivity index (χ0) is 16.4. The lowest BCUT2D eigenvalue weighted by Gasteiger charge is -2.30. The summed E-state index contributed by atoms with van der Waals surface area (Å²) in [6.45, 7) is 2.78. The Kier molecular flexibility index (Phi) is 5.37. The molecule has 0 bridgehead atoms. The van der Waals surface area contributed by atoms with E-state index in [1.165, 1.54) is 0 Å². The molecule has 0 amide bonds. The van der Waals surface area contributed by atoms with Crippen molar-refractivity contribution in [2.45, 2.75) is 6.04 Å². The average molecular weight is 359 g/mol. The van der Waals surface area contributed by atoms with Crippen LogP contribution < -0.4 is 5.32 Å². The van der Waals surface area contributed by atoms with Crippen LogP contribution >= 0.6 is 12.4 Å². The number of para-hydroxylation sites is 2. The average Bonchev–Trinajstić information content (AvgIpc) is 3.09. The van der Waals surface area contributed by atoms with E-state index in [0.29, 0.717) is 11.7 Å². The van der Waals surface area contributed by atoms with Gasteiger partial charge in [-0.2, -0.15) is 4.98 Å². The van der Waals surface area contributed by atoms with Crippen LogP contribution in [0.25, 0.3) is 23.2 Å². The van der Waals surface area contributed by atoms with Crippen LogP contribution in [-0.4, -0.2) is 51.7 Å².